The first-order chi connectivity index (χ1) is 21.1. The van der Waals surface area contributed by atoms with Crippen LogP contribution in [0.5, 0.6) is 0 Å². The number of rotatable bonds is 1. The molecule has 0 bridgehead atoms. The number of aromatic nitrogens is 1. The molecule has 0 aliphatic carbocycles. The Morgan fingerprint density at radius 3 is 2.33 bits per heavy atom. The third kappa shape index (κ3) is 2.43. The number of benzene rings is 6. The molecule has 8 aromatic rings. The molecule has 0 saturated carbocycles. The summed E-state index contributed by atoms with van der Waals surface area (Å²) < 4.78 is 36.2. The van der Waals surface area contributed by atoms with E-state index in [0.717, 1.165) is 71.5 Å². The summed E-state index contributed by atoms with van der Waals surface area (Å²) in [6.07, 6.45) is 0. The molecule has 0 atom stereocenters. The number of hydrogen-bond acceptors (Lipinski definition) is 2. The molecule has 40 heavy (non-hydrogen) atoms. The van der Waals surface area contributed by atoms with Gasteiger partial charge in [0.25, 0.3) is 6.71 Å². The van der Waals surface area contributed by atoms with E-state index in [1.807, 2.05) is 54.6 Å². The lowest BCUT2D eigenvalue weighted by Crippen LogP contribution is -2.60. The molecule has 2 aliphatic heterocycles. The minimum Gasteiger partial charge on any atom is -0.456 e. The molecule has 2 aromatic heterocycles. The van der Waals surface area contributed by atoms with Crippen molar-refractivity contribution >= 4 is 83.9 Å². The summed E-state index contributed by atoms with van der Waals surface area (Å²) in [7, 11) is 0. The third-order valence-corrected chi connectivity index (χ3v) is 8.74. The van der Waals surface area contributed by atoms with Crippen molar-refractivity contribution in [3.05, 3.63) is 127 Å². The minimum absolute atomic E-state index is 0.0717. The maximum Gasteiger partial charge on any atom is 0.252 e. The summed E-state index contributed by atoms with van der Waals surface area (Å²) in [5.74, 6) is 0. The highest BCUT2D eigenvalue weighted by molar-refractivity contribution is 7.00. The smallest absolute Gasteiger partial charge is 0.252 e. The second-order valence-electron chi connectivity index (χ2n) is 10.7. The molecule has 0 N–H and O–H groups in total. The second kappa shape index (κ2) is 7.25. The summed E-state index contributed by atoms with van der Waals surface area (Å²) in [5.41, 5.74) is 10.1. The van der Waals surface area contributed by atoms with Crippen molar-refractivity contribution in [3.63, 3.8) is 0 Å². The number of furan rings is 1. The SMILES string of the molecule is [2H]c1c([2H])c2c3c(c1[2H])-n1c4cc5c(cc4c4cccc(c41)B3c1ccccc1N2c1ccccc1)oc1ccccc15. The topological polar surface area (TPSA) is 21.3 Å². The predicted octanol–water partition coefficient (Wildman–Crippen LogP) is 7.30. The van der Waals surface area contributed by atoms with Crippen LogP contribution in [0.2, 0.25) is 0 Å². The predicted molar refractivity (Wildman–Crippen MR) is 167 cm³/mol. The number of anilines is 3. The van der Waals surface area contributed by atoms with E-state index >= 15 is 0 Å². The number of hydrogen-bond donors (Lipinski definition) is 0. The van der Waals surface area contributed by atoms with Crippen molar-refractivity contribution in [2.45, 2.75) is 0 Å². The van der Waals surface area contributed by atoms with Crippen LogP contribution in [0, 0.1) is 0 Å². The summed E-state index contributed by atoms with van der Waals surface area (Å²) in [5, 5.41) is 4.20. The Hall–Kier alpha value is -5.22. The molecule has 0 amide bonds. The lowest BCUT2D eigenvalue weighted by molar-refractivity contribution is 0.669. The minimum atomic E-state index is -0.181. The molecule has 0 saturated heterocycles. The normalized spacial score (nSPS) is 14.4. The second-order valence-corrected chi connectivity index (χ2v) is 10.7. The highest BCUT2D eigenvalue weighted by Gasteiger charge is 2.41. The standard InChI is InChI=1S/C36H21BN2O/c1-2-10-22(11-3-1)38-29-16-6-5-14-27(29)37-28-15-8-13-24-25-21-34-26(23-12-4-7-19-33(23)40-34)20-32(25)39(36(24)28)31-18-9-17-30(38)35(31)37/h1-21H/i9D,17D,18D. The van der Waals surface area contributed by atoms with E-state index in [1.54, 1.807) is 0 Å². The van der Waals surface area contributed by atoms with Crippen molar-refractivity contribution in [2.24, 2.45) is 0 Å². The Kier molecular flexibility index (Phi) is 3.29. The van der Waals surface area contributed by atoms with Crippen LogP contribution in [0.15, 0.2) is 132 Å². The van der Waals surface area contributed by atoms with Crippen LogP contribution in [-0.2, 0) is 0 Å². The number of fused-ring (bicyclic) bond motifs is 10. The Balaban J connectivity index is 1.44. The lowest BCUT2D eigenvalue weighted by Gasteiger charge is -2.40. The summed E-state index contributed by atoms with van der Waals surface area (Å²) in [4.78, 5) is 2.11. The van der Waals surface area contributed by atoms with E-state index in [-0.39, 0.29) is 24.8 Å². The summed E-state index contributed by atoms with van der Waals surface area (Å²) >= 11 is 0. The maximum atomic E-state index is 9.37. The molecule has 2 aliphatic rings. The van der Waals surface area contributed by atoms with E-state index < -0.39 is 0 Å². The van der Waals surface area contributed by atoms with Crippen molar-refractivity contribution in [1.29, 1.82) is 0 Å². The van der Waals surface area contributed by atoms with Crippen LogP contribution in [0.3, 0.4) is 0 Å². The van der Waals surface area contributed by atoms with Crippen molar-refractivity contribution in [3.8, 4) is 5.69 Å². The van der Waals surface area contributed by atoms with Gasteiger partial charge in [0.15, 0.2) is 0 Å². The molecule has 0 unspecified atom stereocenters. The van der Waals surface area contributed by atoms with Crippen LogP contribution < -0.4 is 21.3 Å². The van der Waals surface area contributed by atoms with Gasteiger partial charge in [0.05, 0.1) is 9.63 Å². The van der Waals surface area contributed by atoms with E-state index in [1.165, 1.54) is 0 Å². The fraction of sp³-hybridized carbons (Fsp3) is 0. The van der Waals surface area contributed by atoms with Crippen LogP contribution in [0.25, 0.3) is 49.4 Å². The van der Waals surface area contributed by atoms with Gasteiger partial charge in [0.1, 0.15) is 11.2 Å². The highest BCUT2D eigenvalue weighted by Crippen LogP contribution is 2.42. The van der Waals surface area contributed by atoms with E-state index in [4.69, 9.17) is 5.79 Å². The first-order valence-corrected chi connectivity index (χ1v) is 13.6. The monoisotopic (exact) mass is 511 g/mol. The van der Waals surface area contributed by atoms with Gasteiger partial charge in [-0.05, 0) is 64.9 Å². The molecule has 10 rings (SSSR count). The quantitative estimate of drug-likeness (QED) is 0.216. The van der Waals surface area contributed by atoms with E-state index in [0.29, 0.717) is 11.4 Å². The number of nitrogens with zero attached hydrogens (tertiary/aromatic N) is 2. The molecule has 0 spiro atoms. The molecule has 4 heteroatoms. The molecule has 0 radical (unpaired) electrons. The van der Waals surface area contributed by atoms with Crippen LogP contribution in [0.4, 0.5) is 17.1 Å². The van der Waals surface area contributed by atoms with Gasteiger partial charge in [-0.15, -0.1) is 0 Å². The third-order valence-electron chi connectivity index (χ3n) is 8.74. The summed E-state index contributed by atoms with van der Waals surface area (Å²) in [6.45, 7) is -0.181. The van der Waals surface area contributed by atoms with Gasteiger partial charge in [-0.1, -0.05) is 78.8 Å². The van der Waals surface area contributed by atoms with Crippen LogP contribution in [-0.4, -0.2) is 11.3 Å². The summed E-state index contributed by atoms with van der Waals surface area (Å²) in [6, 6.07) is 37.3. The molecule has 6 aromatic carbocycles. The van der Waals surface area contributed by atoms with Crippen LogP contribution in [0.1, 0.15) is 4.11 Å². The average molecular weight is 511 g/mol. The van der Waals surface area contributed by atoms with Gasteiger partial charge < -0.3 is 13.9 Å². The van der Waals surface area contributed by atoms with Crippen molar-refractivity contribution < 1.29 is 8.53 Å². The molecule has 3 nitrogen and oxygen atoms in total. The fourth-order valence-electron chi connectivity index (χ4n) is 7.18. The Labute approximate surface area is 234 Å². The first-order valence-electron chi connectivity index (χ1n) is 15.1. The Bertz CT molecular complexity index is 2520. The number of para-hydroxylation sites is 4. The van der Waals surface area contributed by atoms with Crippen molar-refractivity contribution in [1.82, 2.24) is 4.57 Å². The zero-order chi connectivity index (χ0) is 28.6. The fourth-order valence-corrected chi connectivity index (χ4v) is 7.18. The Morgan fingerprint density at radius 1 is 0.600 bits per heavy atom. The van der Waals surface area contributed by atoms with E-state index in [9.17, 15) is 2.74 Å². The van der Waals surface area contributed by atoms with Gasteiger partial charge >= 0.3 is 0 Å². The first kappa shape index (κ1) is 18.1. The van der Waals surface area contributed by atoms with Gasteiger partial charge in [-0.25, -0.2) is 0 Å². The molecular formula is C36H21BN2O. The molecular weight excluding hydrogens is 487 g/mol. The zero-order valence-corrected chi connectivity index (χ0v) is 21.3. The highest BCUT2D eigenvalue weighted by atomic mass is 16.3. The van der Waals surface area contributed by atoms with Crippen molar-refractivity contribution in [2.75, 3.05) is 4.90 Å². The molecule has 184 valence electrons. The lowest BCUT2D eigenvalue weighted by atomic mass is 9.34. The van der Waals surface area contributed by atoms with Crippen LogP contribution >= 0.6 is 0 Å². The maximum absolute atomic E-state index is 9.37. The molecule has 4 heterocycles. The van der Waals surface area contributed by atoms with E-state index in [2.05, 4.69) is 64.1 Å². The Morgan fingerprint density at radius 2 is 1.38 bits per heavy atom. The van der Waals surface area contributed by atoms with Gasteiger partial charge in [0, 0.05) is 49.8 Å². The van der Waals surface area contributed by atoms with Gasteiger partial charge in [-0.2, -0.15) is 0 Å². The largest absolute Gasteiger partial charge is 0.456 e. The van der Waals surface area contributed by atoms with Gasteiger partial charge in [0.2, 0.25) is 0 Å². The zero-order valence-electron chi connectivity index (χ0n) is 24.3. The van der Waals surface area contributed by atoms with Gasteiger partial charge in [-0.3, -0.25) is 0 Å². The molecule has 0 fully saturated rings. The average Bonchev–Trinajstić information content (AvgIpc) is 3.58.